The van der Waals surface area contributed by atoms with Crippen molar-refractivity contribution in [1.29, 1.82) is 0 Å². The summed E-state index contributed by atoms with van der Waals surface area (Å²) in [6.07, 6.45) is 4.24. The van der Waals surface area contributed by atoms with Crippen LogP contribution in [0.1, 0.15) is 33.3 Å². The number of rotatable bonds is 6. The molecule has 0 spiro atoms. The van der Waals surface area contributed by atoms with Gasteiger partial charge in [-0.25, -0.2) is 9.59 Å². The van der Waals surface area contributed by atoms with Gasteiger partial charge in [-0.15, -0.1) is 0 Å². The van der Waals surface area contributed by atoms with Crippen molar-refractivity contribution in [3.63, 3.8) is 0 Å². The number of carbonyl (C=O) groups excluding carboxylic acids is 2. The maximum Gasteiger partial charge on any atom is 0.345 e. The van der Waals surface area contributed by atoms with E-state index in [1.165, 1.54) is 6.08 Å². The predicted octanol–water partition coefficient (Wildman–Crippen LogP) is 3.53. The zero-order chi connectivity index (χ0) is 16.5. The van der Waals surface area contributed by atoms with Crippen LogP contribution in [0, 0.1) is 0 Å². The Morgan fingerprint density at radius 2 is 1.41 bits per heavy atom. The van der Waals surface area contributed by atoms with Crippen molar-refractivity contribution in [3.8, 4) is 0 Å². The fourth-order valence-corrected chi connectivity index (χ4v) is 1.59. The summed E-state index contributed by atoms with van der Waals surface area (Å²) in [6, 6.07) is 9.57. The highest BCUT2D eigenvalue weighted by atomic mass is 16.6. The van der Waals surface area contributed by atoms with E-state index in [9.17, 15) is 9.59 Å². The first kappa shape index (κ1) is 17.7. The van der Waals surface area contributed by atoms with Gasteiger partial charge in [-0.3, -0.25) is 0 Å². The standard InChI is InChI=1S/C18H22O4/c1-13(2)21-17(19)16(18(20)22-14(3)4)12-8-11-15-9-6-5-7-10-15/h5-14H,1-4H3/b11-8+. The van der Waals surface area contributed by atoms with Crippen LogP contribution in [0.5, 0.6) is 0 Å². The second kappa shape index (κ2) is 8.82. The Hall–Kier alpha value is -2.36. The highest BCUT2D eigenvalue weighted by Gasteiger charge is 2.22. The van der Waals surface area contributed by atoms with Gasteiger partial charge >= 0.3 is 11.9 Å². The van der Waals surface area contributed by atoms with Crippen molar-refractivity contribution in [1.82, 2.24) is 0 Å². The van der Waals surface area contributed by atoms with Gasteiger partial charge in [-0.1, -0.05) is 42.5 Å². The Labute approximate surface area is 131 Å². The second-order valence-electron chi connectivity index (χ2n) is 5.26. The number of benzene rings is 1. The van der Waals surface area contributed by atoms with Gasteiger partial charge in [0.2, 0.25) is 0 Å². The monoisotopic (exact) mass is 302 g/mol. The van der Waals surface area contributed by atoms with Gasteiger partial charge in [0, 0.05) is 0 Å². The fraction of sp³-hybridized carbons (Fsp3) is 0.333. The largest absolute Gasteiger partial charge is 0.459 e. The number of hydrogen-bond donors (Lipinski definition) is 0. The Morgan fingerprint density at radius 1 is 0.909 bits per heavy atom. The molecule has 0 N–H and O–H groups in total. The van der Waals surface area contributed by atoms with E-state index in [0.717, 1.165) is 5.56 Å². The number of esters is 2. The first-order valence-corrected chi connectivity index (χ1v) is 7.25. The van der Waals surface area contributed by atoms with Gasteiger partial charge in [-0.05, 0) is 39.3 Å². The normalized spacial score (nSPS) is 10.8. The van der Waals surface area contributed by atoms with Crippen LogP contribution in [0.4, 0.5) is 0 Å². The average molecular weight is 302 g/mol. The zero-order valence-corrected chi connectivity index (χ0v) is 13.4. The molecule has 0 radical (unpaired) electrons. The van der Waals surface area contributed by atoms with Crippen molar-refractivity contribution in [2.45, 2.75) is 39.9 Å². The van der Waals surface area contributed by atoms with Crippen LogP contribution in [0.3, 0.4) is 0 Å². The van der Waals surface area contributed by atoms with Crippen molar-refractivity contribution in [2.24, 2.45) is 0 Å². The third-order valence-electron chi connectivity index (χ3n) is 2.48. The summed E-state index contributed by atoms with van der Waals surface area (Å²) < 4.78 is 10.2. The molecule has 0 aliphatic rings. The summed E-state index contributed by atoms with van der Waals surface area (Å²) in [5, 5.41) is 0. The first-order chi connectivity index (χ1) is 10.4. The van der Waals surface area contributed by atoms with Crippen LogP contribution in [0.25, 0.3) is 6.08 Å². The molecular weight excluding hydrogens is 280 g/mol. The third-order valence-corrected chi connectivity index (χ3v) is 2.48. The summed E-state index contributed by atoms with van der Waals surface area (Å²) in [5.41, 5.74) is 0.849. The molecular formula is C18H22O4. The lowest BCUT2D eigenvalue weighted by molar-refractivity contribution is -0.150. The van der Waals surface area contributed by atoms with E-state index in [-0.39, 0.29) is 17.8 Å². The van der Waals surface area contributed by atoms with Crippen molar-refractivity contribution >= 4 is 18.0 Å². The molecule has 0 unspecified atom stereocenters. The van der Waals surface area contributed by atoms with E-state index < -0.39 is 11.9 Å². The number of carbonyl (C=O) groups is 2. The average Bonchev–Trinajstić information content (AvgIpc) is 2.42. The molecule has 118 valence electrons. The van der Waals surface area contributed by atoms with Crippen LogP contribution in [0.15, 0.2) is 48.1 Å². The molecule has 4 heteroatoms. The van der Waals surface area contributed by atoms with Gasteiger partial charge in [0.05, 0.1) is 12.2 Å². The molecule has 22 heavy (non-hydrogen) atoms. The molecule has 0 fully saturated rings. The van der Waals surface area contributed by atoms with Gasteiger partial charge in [0.15, 0.2) is 0 Å². The summed E-state index contributed by atoms with van der Waals surface area (Å²) in [7, 11) is 0. The van der Waals surface area contributed by atoms with Gasteiger partial charge in [-0.2, -0.15) is 0 Å². The van der Waals surface area contributed by atoms with E-state index in [1.54, 1.807) is 39.8 Å². The summed E-state index contributed by atoms with van der Waals surface area (Å²) in [4.78, 5) is 24.0. The van der Waals surface area contributed by atoms with Gasteiger partial charge in [0.25, 0.3) is 0 Å². The molecule has 0 heterocycles. The molecule has 1 aromatic rings. The predicted molar refractivity (Wildman–Crippen MR) is 86.0 cm³/mol. The topological polar surface area (TPSA) is 52.6 Å². The SMILES string of the molecule is CC(C)OC(=O)C(=C/C=C/c1ccccc1)C(=O)OC(C)C. The van der Waals surface area contributed by atoms with Crippen molar-refractivity contribution < 1.29 is 19.1 Å². The number of hydrogen-bond acceptors (Lipinski definition) is 4. The lowest BCUT2D eigenvalue weighted by Crippen LogP contribution is -2.23. The molecule has 0 aromatic heterocycles. The molecule has 0 amide bonds. The van der Waals surface area contributed by atoms with Crippen molar-refractivity contribution in [2.75, 3.05) is 0 Å². The Kier molecular flexibility index (Phi) is 7.09. The first-order valence-electron chi connectivity index (χ1n) is 7.25. The van der Waals surface area contributed by atoms with Crippen LogP contribution >= 0.6 is 0 Å². The molecule has 0 aliphatic heterocycles. The quantitative estimate of drug-likeness (QED) is 0.265. The smallest absolute Gasteiger partial charge is 0.345 e. The summed E-state index contributed by atoms with van der Waals surface area (Å²) in [6.45, 7) is 6.90. The molecule has 1 aromatic carbocycles. The highest BCUT2D eigenvalue weighted by molar-refractivity contribution is 6.14. The lowest BCUT2D eigenvalue weighted by atomic mass is 10.2. The van der Waals surface area contributed by atoms with Gasteiger partial charge < -0.3 is 9.47 Å². The van der Waals surface area contributed by atoms with Crippen LogP contribution in [-0.2, 0) is 19.1 Å². The zero-order valence-electron chi connectivity index (χ0n) is 13.4. The summed E-state index contributed by atoms with van der Waals surface area (Å²) in [5.74, 6) is -1.36. The van der Waals surface area contributed by atoms with Crippen LogP contribution in [-0.4, -0.2) is 24.1 Å². The highest BCUT2D eigenvalue weighted by Crippen LogP contribution is 2.08. The molecule has 4 nitrogen and oxygen atoms in total. The Balaban J connectivity index is 2.93. The fourth-order valence-electron chi connectivity index (χ4n) is 1.59. The van der Waals surface area contributed by atoms with E-state index in [0.29, 0.717) is 0 Å². The minimum Gasteiger partial charge on any atom is -0.459 e. The molecule has 0 bridgehead atoms. The molecule has 0 atom stereocenters. The van der Waals surface area contributed by atoms with E-state index >= 15 is 0 Å². The molecule has 0 saturated heterocycles. The van der Waals surface area contributed by atoms with Crippen LogP contribution in [0.2, 0.25) is 0 Å². The van der Waals surface area contributed by atoms with E-state index in [2.05, 4.69) is 0 Å². The third kappa shape index (κ3) is 6.39. The lowest BCUT2D eigenvalue weighted by Gasteiger charge is -2.12. The van der Waals surface area contributed by atoms with Crippen LogP contribution < -0.4 is 0 Å². The van der Waals surface area contributed by atoms with Crippen molar-refractivity contribution in [3.05, 3.63) is 53.6 Å². The molecule has 0 saturated carbocycles. The second-order valence-corrected chi connectivity index (χ2v) is 5.26. The summed E-state index contributed by atoms with van der Waals surface area (Å²) >= 11 is 0. The molecule has 0 aliphatic carbocycles. The van der Waals surface area contributed by atoms with Gasteiger partial charge in [0.1, 0.15) is 5.57 Å². The molecule has 1 rings (SSSR count). The maximum absolute atomic E-state index is 12.0. The maximum atomic E-state index is 12.0. The number of ether oxygens (including phenoxy) is 2. The van der Waals surface area contributed by atoms with E-state index in [4.69, 9.17) is 9.47 Å². The minimum atomic E-state index is -0.682. The number of allylic oxidation sites excluding steroid dienone is 2. The Morgan fingerprint density at radius 3 is 1.86 bits per heavy atom. The Bertz CT molecular complexity index is 530. The minimum absolute atomic E-state index is 0.116. The van der Waals surface area contributed by atoms with E-state index in [1.807, 2.05) is 30.3 Å².